The molecule has 0 radical (unpaired) electrons. The van der Waals surface area contributed by atoms with Crippen LogP contribution in [0.25, 0.3) is 0 Å². The molecule has 1 fully saturated rings. The van der Waals surface area contributed by atoms with Crippen molar-refractivity contribution in [1.82, 2.24) is 14.8 Å². The van der Waals surface area contributed by atoms with Gasteiger partial charge in [-0.2, -0.15) is 11.3 Å². The number of hydrogen-bond acceptors (Lipinski definition) is 5. The number of rotatable bonds is 4. The lowest BCUT2D eigenvalue weighted by atomic mass is 9.95. The van der Waals surface area contributed by atoms with Crippen molar-refractivity contribution in [2.45, 2.75) is 38.8 Å². The van der Waals surface area contributed by atoms with Gasteiger partial charge in [0.15, 0.2) is 0 Å². The maximum absolute atomic E-state index is 13.1. The molecule has 2 aliphatic heterocycles. The Balaban J connectivity index is 1.53. The van der Waals surface area contributed by atoms with Crippen molar-refractivity contribution in [3.05, 3.63) is 55.6 Å². The summed E-state index contributed by atoms with van der Waals surface area (Å²) in [6.45, 7) is 4.72. The number of aromatic nitrogens is 1. The normalized spacial score (nSPS) is 17.3. The first kappa shape index (κ1) is 19.8. The number of pyridine rings is 1. The van der Waals surface area contributed by atoms with Crippen molar-refractivity contribution in [2.24, 2.45) is 0 Å². The van der Waals surface area contributed by atoms with Gasteiger partial charge in [-0.3, -0.25) is 14.4 Å². The molecule has 0 saturated carbocycles. The highest BCUT2D eigenvalue weighted by Crippen LogP contribution is 2.24. The zero-order valence-electron chi connectivity index (χ0n) is 16.5. The van der Waals surface area contributed by atoms with E-state index >= 15 is 0 Å². The van der Waals surface area contributed by atoms with E-state index in [0.717, 1.165) is 24.0 Å². The highest BCUT2D eigenvalue weighted by molar-refractivity contribution is 7.08. The minimum Gasteiger partial charge on any atom is -0.378 e. The lowest BCUT2D eigenvalue weighted by Crippen LogP contribution is -2.44. The van der Waals surface area contributed by atoms with E-state index in [2.05, 4.69) is 4.98 Å². The number of ether oxygens (including phenoxy) is 1. The zero-order valence-corrected chi connectivity index (χ0v) is 17.3. The highest BCUT2D eigenvalue weighted by atomic mass is 32.1. The Morgan fingerprint density at radius 2 is 2.00 bits per heavy atom. The Hall–Kier alpha value is -2.45. The quantitative estimate of drug-likeness (QED) is 0.831. The molecule has 4 heterocycles. The largest absolute Gasteiger partial charge is 0.378 e. The van der Waals surface area contributed by atoms with Crippen molar-refractivity contribution >= 4 is 23.2 Å². The van der Waals surface area contributed by atoms with E-state index in [1.54, 1.807) is 16.0 Å². The topological polar surface area (TPSA) is 82.7 Å². The third-order valence-corrected chi connectivity index (χ3v) is 6.37. The summed E-state index contributed by atoms with van der Waals surface area (Å²) in [6, 6.07) is 1.82. The van der Waals surface area contributed by atoms with Gasteiger partial charge in [-0.05, 0) is 48.8 Å². The van der Waals surface area contributed by atoms with Crippen molar-refractivity contribution in [2.75, 3.05) is 26.2 Å². The molecule has 0 bridgehead atoms. The van der Waals surface area contributed by atoms with Crippen LogP contribution < -0.4 is 5.56 Å². The number of fused-ring (bicyclic) bond motifs is 1. The monoisotopic (exact) mass is 415 g/mol. The fraction of sp³-hybridized carbons (Fsp3) is 0.476. The van der Waals surface area contributed by atoms with Crippen LogP contribution in [-0.2, 0) is 17.7 Å². The summed E-state index contributed by atoms with van der Waals surface area (Å²) < 4.78 is 5.65. The average molecular weight is 416 g/mol. The Morgan fingerprint density at radius 1 is 1.21 bits per heavy atom. The van der Waals surface area contributed by atoms with Gasteiger partial charge in [0, 0.05) is 44.4 Å². The number of carbonyl (C=O) groups excluding carboxylic acids is 2. The van der Waals surface area contributed by atoms with Crippen LogP contribution >= 0.6 is 11.3 Å². The molecule has 0 aromatic carbocycles. The van der Waals surface area contributed by atoms with Crippen LogP contribution in [0.2, 0.25) is 0 Å². The predicted octanol–water partition coefficient (Wildman–Crippen LogP) is 2.28. The molecule has 0 aliphatic carbocycles. The van der Waals surface area contributed by atoms with Crippen LogP contribution in [0.15, 0.2) is 27.8 Å². The SMILES string of the molecule is CCOC1CCN(C(=O)c2c3c(c[nH]c2=O)CN(C(=O)c2ccsc2)CC3)CC1. The molecule has 154 valence electrons. The second kappa shape index (κ2) is 8.51. The third kappa shape index (κ3) is 4.00. The molecule has 8 heteroatoms. The van der Waals surface area contributed by atoms with E-state index in [1.165, 1.54) is 11.3 Å². The van der Waals surface area contributed by atoms with Crippen molar-refractivity contribution < 1.29 is 14.3 Å². The summed E-state index contributed by atoms with van der Waals surface area (Å²) in [4.78, 5) is 44.6. The van der Waals surface area contributed by atoms with Crippen molar-refractivity contribution in [3.63, 3.8) is 0 Å². The fourth-order valence-electron chi connectivity index (χ4n) is 4.16. The Morgan fingerprint density at radius 3 is 2.69 bits per heavy atom. The minimum absolute atomic E-state index is 0.0195. The Kier molecular flexibility index (Phi) is 5.82. The standard InChI is InChI=1S/C21H25N3O4S/c1-2-28-16-3-7-23(8-4-16)21(27)18-17-5-9-24(12-15(17)11-22-19(18)25)20(26)14-6-10-29-13-14/h6,10-11,13,16H,2-5,7-9,12H2,1H3,(H,22,25). The summed E-state index contributed by atoms with van der Waals surface area (Å²) in [5, 5.41) is 3.72. The summed E-state index contributed by atoms with van der Waals surface area (Å²) in [6.07, 6.45) is 3.91. The smallest absolute Gasteiger partial charge is 0.261 e. The maximum Gasteiger partial charge on any atom is 0.261 e. The van der Waals surface area contributed by atoms with Crippen molar-refractivity contribution in [3.8, 4) is 0 Å². The van der Waals surface area contributed by atoms with Gasteiger partial charge >= 0.3 is 0 Å². The number of nitrogens with zero attached hydrogens (tertiary/aromatic N) is 2. The van der Waals surface area contributed by atoms with E-state index in [1.807, 2.05) is 23.8 Å². The molecular weight excluding hydrogens is 390 g/mol. The molecule has 2 amide bonds. The molecule has 2 aliphatic rings. The molecule has 0 atom stereocenters. The van der Waals surface area contributed by atoms with E-state index in [0.29, 0.717) is 44.8 Å². The van der Waals surface area contributed by atoms with Crippen molar-refractivity contribution in [1.29, 1.82) is 0 Å². The maximum atomic E-state index is 13.1. The van der Waals surface area contributed by atoms with Crippen LogP contribution in [0.5, 0.6) is 0 Å². The second-order valence-corrected chi connectivity index (χ2v) is 8.21. The van der Waals surface area contributed by atoms with Gasteiger partial charge in [-0.25, -0.2) is 0 Å². The summed E-state index contributed by atoms with van der Waals surface area (Å²) in [7, 11) is 0. The van der Waals surface area contributed by atoms with Gasteiger partial charge in [0.05, 0.1) is 11.7 Å². The number of thiophene rings is 1. The zero-order chi connectivity index (χ0) is 20.4. The molecule has 1 N–H and O–H groups in total. The molecule has 4 rings (SSSR count). The van der Waals surface area contributed by atoms with Crippen LogP contribution in [-0.4, -0.2) is 58.9 Å². The van der Waals surface area contributed by atoms with Gasteiger partial charge in [-0.15, -0.1) is 0 Å². The molecule has 7 nitrogen and oxygen atoms in total. The Bertz CT molecular complexity index is 945. The third-order valence-electron chi connectivity index (χ3n) is 5.69. The highest BCUT2D eigenvalue weighted by Gasteiger charge is 2.31. The summed E-state index contributed by atoms with van der Waals surface area (Å²) >= 11 is 1.49. The number of amides is 2. The van der Waals surface area contributed by atoms with Crippen LogP contribution in [0.1, 0.15) is 51.6 Å². The molecule has 1 saturated heterocycles. The first-order chi connectivity index (χ1) is 14.1. The second-order valence-electron chi connectivity index (χ2n) is 7.43. The molecular formula is C21H25N3O4S. The number of hydrogen-bond donors (Lipinski definition) is 1. The first-order valence-electron chi connectivity index (χ1n) is 10.0. The Labute approximate surface area is 173 Å². The number of carbonyl (C=O) groups is 2. The van der Waals surface area contributed by atoms with E-state index in [9.17, 15) is 14.4 Å². The number of H-pyrrole nitrogens is 1. The number of aromatic amines is 1. The molecule has 0 unspecified atom stereocenters. The predicted molar refractivity (Wildman–Crippen MR) is 110 cm³/mol. The van der Waals surface area contributed by atoms with Crippen LogP contribution in [0.4, 0.5) is 0 Å². The number of piperidine rings is 1. The van der Waals surface area contributed by atoms with Gasteiger partial charge in [0.25, 0.3) is 17.4 Å². The summed E-state index contributed by atoms with van der Waals surface area (Å²) in [5.74, 6) is -0.232. The lowest BCUT2D eigenvalue weighted by molar-refractivity contribution is 0.0145. The fourth-order valence-corrected chi connectivity index (χ4v) is 4.79. The van der Waals surface area contributed by atoms with Gasteiger partial charge in [-0.1, -0.05) is 0 Å². The van der Waals surface area contributed by atoms with E-state index in [4.69, 9.17) is 4.74 Å². The molecule has 0 spiro atoms. The lowest BCUT2D eigenvalue weighted by Gasteiger charge is -2.33. The van der Waals surface area contributed by atoms with Crippen LogP contribution in [0.3, 0.4) is 0 Å². The van der Waals surface area contributed by atoms with E-state index < -0.39 is 0 Å². The average Bonchev–Trinajstić information content (AvgIpc) is 3.28. The first-order valence-corrected chi connectivity index (χ1v) is 11.0. The van der Waals surface area contributed by atoms with Gasteiger partial charge < -0.3 is 19.5 Å². The van der Waals surface area contributed by atoms with Gasteiger partial charge in [0.1, 0.15) is 5.56 Å². The number of nitrogens with one attached hydrogen (secondary N) is 1. The van der Waals surface area contributed by atoms with Crippen LogP contribution in [0, 0.1) is 0 Å². The van der Waals surface area contributed by atoms with E-state index in [-0.39, 0.29) is 29.0 Å². The molecule has 29 heavy (non-hydrogen) atoms. The molecule has 2 aromatic rings. The number of likely N-dealkylation sites (tertiary alicyclic amines) is 1. The minimum atomic E-state index is -0.349. The summed E-state index contributed by atoms with van der Waals surface area (Å²) in [5.41, 5.74) is 2.18. The molecule has 2 aromatic heterocycles. The van der Waals surface area contributed by atoms with Gasteiger partial charge in [0.2, 0.25) is 0 Å².